The molecule has 1 fully saturated rings. The van der Waals surface area contributed by atoms with Crippen LogP contribution in [0.5, 0.6) is 0 Å². The van der Waals surface area contributed by atoms with Crippen molar-refractivity contribution >= 4 is 23.1 Å². The summed E-state index contributed by atoms with van der Waals surface area (Å²) in [6.07, 6.45) is -2.78. The summed E-state index contributed by atoms with van der Waals surface area (Å²) in [5, 5.41) is -0.898. The van der Waals surface area contributed by atoms with Gasteiger partial charge in [0.25, 0.3) is 0 Å². The molecule has 3 rings (SSSR count). The minimum atomic E-state index is -1.60. The summed E-state index contributed by atoms with van der Waals surface area (Å²) in [7, 11) is 0. The van der Waals surface area contributed by atoms with Crippen LogP contribution in [-0.4, -0.2) is 46.4 Å². The van der Waals surface area contributed by atoms with Crippen LogP contribution in [0.1, 0.15) is 20.7 Å². The molecule has 0 N–H and O–H groups in total. The van der Waals surface area contributed by atoms with Gasteiger partial charge >= 0.3 is 11.9 Å². The Hall–Kier alpha value is -2.38. The monoisotopic (exact) mass is 376 g/mol. The Kier molecular flexibility index (Phi) is 5.90. The second-order valence-corrected chi connectivity index (χ2v) is 7.50. The van der Waals surface area contributed by atoms with E-state index >= 15 is 0 Å². The first kappa shape index (κ1) is 18.4. The normalized spacial score (nSPS) is 24.8. The summed E-state index contributed by atoms with van der Waals surface area (Å²) < 4.78 is 36.7. The molecule has 0 radical (unpaired) electrons. The van der Waals surface area contributed by atoms with Gasteiger partial charge in [0.15, 0.2) is 17.5 Å². The van der Waals surface area contributed by atoms with Gasteiger partial charge in [0.1, 0.15) is 12.4 Å². The molecule has 26 heavy (non-hydrogen) atoms. The third-order valence-corrected chi connectivity index (χ3v) is 5.75. The van der Waals surface area contributed by atoms with Crippen molar-refractivity contribution in [3.8, 4) is 0 Å². The Morgan fingerprint density at radius 3 is 2.12 bits per heavy atom. The molecule has 0 amide bonds. The third kappa shape index (κ3) is 4.23. The Balaban J connectivity index is 1.64. The largest absolute Gasteiger partial charge is 0.616 e. The summed E-state index contributed by atoms with van der Waals surface area (Å²) in [5.41, 5.74) is 0.614. The fourth-order valence-corrected chi connectivity index (χ4v) is 4.16. The average Bonchev–Trinajstić information content (AvgIpc) is 2.94. The van der Waals surface area contributed by atoms with Crippen LogP contribution >= 0.6 is 0 Å². The van der Waals surface area contributed by atoms with Crippen molar-refractivity contribution < 1.29 is 28.0 Å². The van der Waals surface area contributed by atoms with Gasteiger partial charge in [-0.25, -0.2) is 14.0 Å². The van der Waals surface area contributed by atoms with Crippen LogP contribution in [0.15, 0.2) is 60.7 Å². The van der Waals surface area contributed by atoms with E-state index in [1.807, 2.05) is 0 Å². The molecule has 5 nitrogen and oxygen atoms in total. The van der Waals surface area contributed by atoms with Crippen molar-refractivity contribution in [1.82, 2.24) is 0 Å². The van der Waals surface area contributed by atoms with Crippen molar-refractivity contribution in [3.05, 3.63) is 71.8 Å². The van der Waals surface area contributed by atoms with E-state index in [0.717, 1.165) is 0 Å². The first-order valence-corrected chi connectivity index (χ1v) is 9.44. The molecule has 2 aromatic carbocycles. The molecule has 1 heterocycles. The van der Waals surface area contributed by atoms with Gasteiger partial charge in [-0.05, 0) is 35.4 Å². The van der Waals surface area contributed by atoms with Crippen LogP contribution in [0, 0.1) is 0 Å². The van der Waals surface area contributed by atoms with Crippen LogP contribution in [0.2, 0.25) is 0 Å². The number of alkyl halides is 1. The molecule has 0 saturated carbocycles. The zero-order valence-electron chi connectivity index (χ0n) is 13.7. The summed E-state index contributed by atoms with van der Waals surface area (Å²) in [6, 6.07) is 16.5. The van der Waals surface area contributed by atoms with Gasteiger partial charge in [-0.3, -0.25) is 0 Å². The Bertz CT molecular complexity index is 755. The van der Waals surface area contributed by atoms with Crippen molar-refractivity contribution in [2.24, 2.45) is 0 Å². The lowest BCUT2D eigenvalue weighted by atomic mass is 10.1. The fourth-order valence-electron chi connectivity index (χ4n) is 2.66. The quantitative estimate of drug-likeness (QED) is 0.592. The topological polar surface area (TPSA) is 75.7 Å². The molecule has 1 saturated heterocycles. The molecule has 4 atom stereocenters. The van der Waals surface area contributed by atoms with E-state index in [1.165, 1.54) is 0 Å². The number of halogens is 1. The zero-order valence-corrected chi connectivity index (χ0v) is 14.6. The average molecular weight is 376 g/mol. The second kappa shape index (κ2) is 8.33. The van der Waals surface area contributed by atoms with Crippen molar-refractivity contribution in [3.63, 3.8) is 0 Å². The van der Waals surface area contributed by atoms with E-state index in [2.05, 4.69) is 0 Å². The smallest absolute Gasteiger partial charge is 0.338 e. The van der Waals surface area contributed by atoms with Gasteiger partial charge in [-0.2, -0.15) is 0 Å². The van der Waals surface area contributed by atoms with Crippen molar-refractivity contribution in [1.29, 1.82) is 0 Å². The van der Waals surface area contributed by atoms with Gasteiger partial charge in [0.05, 0.1) is 11.1 Å². The number of carbonyl (C=O) groups is 2. The number of benzene rings is 2. The van der Waals surface area contributed by atoms with E-state index in [4.69, 9.17) is 9.47 Å². The number of carbonyl (C=O) groups excluding carboxylic acids is 2. The summed E-state index contributed by atoms with van der Waals surface area (Å²) in [6.45, 7) is -0.284. The molecule has 0 aliphatic carbocycles. The van der Waals surface area contributed by atoms with Gasteiger partial charge in [0.2, 0.25) is 0 Å². The Labute approximate surface area is 153 Å². The van der Waals surface area contributed by atoms with Gasteiger partial charge < -0.3 is 14.0 Å². The third-order valence-electron chi connectivity index (χ3n) is 4.02. The predicted octanol–water partition coefficient (Wildman–Crippen LogP) is 2.54. The molecule has 1 aliphatic rings. The SMILES string of the molecule is O=C(OC[C@@H]1[C@@H](OC(=O)c2ccccc2)[C@H](F)C[S@@+]1[O-])c1ccccc1. The highest BCUT2D eigenvalue weighted by atomic mass is 32.2. The standard InChI is InChI=1S/C19H17FO5S/c20-15-12-26(23)16(11-24-18(21)13-7-3-1-4-8-13)17(15)25-19(22)14-9-5-2-6-10-14/h1-10,15-17H,11-12H2/t15-,16-,17+,26-/m1/s1. The van der Waals surface area contributed by atoms with Crippen molar-refractivity contribution in [2.45, 2.75) is 17.5 Å². The molecule has 7 heteroatoms. The lowest BCUT2D eigenvalue weighted by molar-refractivity contribution is 0.00449. The van der Waals surface area contributed by atoms with Crippen LogP contribution in [0.4, 0.5) is 4.39 Å². The predicted molar refractivity (Wildman–Crippen MR) is 94.1 cm³/mol. The summed E-state index contributed by atoms with van der Waals surface area (Å²) in [5.74, 6) is -1.55. The summed E-state index contributed by atoms with van der Waals surface area (Å²) >= 11 is -1.60. The molecule has 0 bridgehead atoms. The Morgan fingerprint density at radius 1 is 1.00 bits per heavy atom. The molecule has 1 aliphatic heterocycles. The highest BCUT2D eigenvalue weighted by Gasteiger charge is 2.50. The van der Waals surface area contributed by atoms with Crippen LogP contribution in [0.25, 0.3) is 0 Å². The molecular weight excluding hydrogens is 359 g/mol. The van der Waals surface area contributed by atoms with E-state index in [-0.39, 0.29) is 17.9 Å². The summed E-state index contributed by atoms with van der Waals surface area (Å²) in [4.78, 5) is 24.2. The number of hydrogen-bond acceptors (Lipinski definition) is 5. The van der Waals surface area contributed by atoms with Gasteiger partial charge in [-0.15, -0.1) is 0 Å². The first-order valence-electron chi connectivity index (χ1n) is 8.05. The van der Waals surface area contributed by atoms with Gasteiger partial charge in [-0.1, -0.05) is 36.4 Å². The van der Waals surface area contributed by atoms with Crippen LogP contribution in [0.3, 0.4) is 0 Å². The minimum Gasteiger partial charge on any atom is -0.616 e. The minimum absolute atomic E-state index is 0.250. The molecular formula is C19H17FO5S. The van der Waals surface area contributed by atoms with Gasteiger partial charge in [0, 0.05) is 0 Å². The zero-order chi connectivity index (χ0) is 18.5. The van der Waals surface area contributed by atoms with E-state index in [1.54, 1.807) is 60.7 Å². The fraction of sp³-hybridized carbons (Fsp3) is 0.263. The number of ether oxygens (including phenoxy) is 2. The van der Waals surface area contributed by atoms with Crippen LogP contribution in [-0.2, 0) is 20.6 Å². The van der Waals surface area contributed by atoms with E-state index in [0.29, 0.717) is 5.56 Å². The lowest BCUT2D eigenvalue weighted by Gasteiger charge is -2.20. The molecule has 0 aromatic heterocycles. The van der Waals surface area contributed by atoms with E-state index < -0.39 is 40.6 Å². The lowest BCUT2D eigenvalue weighted by Crippen LogP contribution is -2.38. The second-order valence-electron chi connectivity index (χ2n) is 5.80. The number of esters is 2. The molecule has 2 aromatic rings. The number of rotatable bonds is 5. The highest BCUT2D eigenvalue weighted by Crippen LogP contribution is 2.28. The highest BCUT2D eigenvalue weighted by molar-refractivity contribution is 7.92. The molecule has 136 valence electrons. The maximum absolute atomic E-state index is 14.2. The maximum atomic E-state index is 14.2. The maximum Gasteiger partial charge on any atom is 0.338 e. The first-order chi connectivity index (χ1) is 12.6. The van der Waals surface area contributed by atoms with Crippen LogP contribution < -0.4 is 0 Å². The molecule has 0 spiro atoms. The van der Waals surface area contributed by atoms with E-state index in [9.17, 15) is 18.5 Å². The number of hydrogen-bond donors (Lipinski definition) is 0. The van der Waals surface area contributed by atoms with Crippen molar-refractivity contribution in [2.75, 3.05) is 12.4 Å². The molecule has 0 unspecified atom stereocenters. The Morgan fingerprint density at radius 2 is 1.54 bits per heavy atom.